The van der Waals surface area contributed by atoms with Crippen LogP contribution in [0.15, 0.2) is 17.5 Å². The second-order valence-electron chi connectivity index (χ2n) is 7.36. The lowest BCUT2D eigenvalue weighted by atomic mass is 9.73. The average Bonchev–Trinajstić information content (AvgIpc) is 3.22. The third kappa shape index (κ3) is 3.40. The lowest BCUT2D eigenvalue weighted by molar-refractivity contribution is -0.154. The first-order valence-electron chi connectivity index (χ1n) is 8.78. The van der Waals surface area contributed by atoms with Gasteiger partial charge in [0, 0.05) is 43.1 Å². The molecule has 0 aromatic carbocycles. The van der Waals surface area contributed by atoms with Crippen LogP contribution in [0.4, 0.5) is 0 Å². The zero-order valence-electron chi connectivity index (χ0n) is 13.3. The molecule has 0 N–H and O–H groups in total. The topological polar surface area (TPSA) is 21.7 Å². The van der Waals surface area contributed by atoms with Crippen LogP contribution in [0.1, 0.15) is 37.0 Å². The van der Waals surface area contributed by atoms with Gasteiger partial charge in [0.15, 0.2) is 0 Å². The third-order valence-electron chi connectivity index (χ3n) is 5.47. The maximum absolute atomic E-state index is 6.14. The van der Waals surface area contributed by atoms with Crippen molar-refractivity contribution in [3.05, 3.63) is 22.4 Å². The average molecular weight is 321 g/mol. The molecule has 0 bridgehead atoms. The number of rotatable bonds is 6. The maximum Gasteiger partial charge on any atom is 0.0677 e. The molecule has 0 unspecified atom stereocenters. The Labute approximate surface area is 137 Å². The van der Waals surface area contributed by atoms with E-state index < -0.39 is 0 Å². The van der Waals surface area contributed by atoms with Gasteiger partial charge in [-0.1, -0.05) is 6.07 Å². The van der Waals surface area contributed by atoms with E-state index in [0.717, 1.165) is 51.8 Å². The lowest BCUT2D eigenvalue weighted by Gasteiger charge is -2.50. The minimum Gasteiger partial charge on any atom is -0.380 e. The fourth-order valence-electron chi connectivity index (χ4n) is 4.06. The standard InChI is InChI=1S/C18H27NO2S/c1-3-16(22-10-1)11-19-8-6-17-18(13-19,7-2-9-21-17)14-20-12-15-4-5-15/h1,3,10,15,17H,2,4-9,11-14H2/t17-,18-/m0/s1. The Balaban J connectivity index is 1.40. The van der Waals surface area contributed by atoms with Gasteiger partial charge in [0.25, 0.3) is 0 Å². The molecule has 4 rings (SSSR count). The lowest BCUT2D eigenvalue weighted by Crippen LogP contribution is -2.56. The van der Waals surface area contributed by atoms with Crippen LogP contribution in [0.2, 0.25) is 0 Å². The first kappa shape index (κ1) is 15.1. The van der Waals surface area contributed by atoms with E-state index in [9.17, 15) is 0 Å². The molecule has 4 heteroatoms. The van der Waals surface area contributed by atoms with E-state index in [2.05, 4.69) is 22.4 Å². The first-order valence-corrected chi connectivity index (χ1v) is 9.66. The van der Waals surface area contributed by atoms with Gasteiger partial charge in [0.05, 0.1) is 12.7 Å². The van der Waals surface area contributed by atoms with E-state index in [-0.39, 0.29) is 5.41 Å². The van der Waals surface area contributed by atoms with Gasteiger partial charge < -0.3 is 9.47 Å². The molecule has 2 saturated heterocycles. The van der Waals surface area contributed by atoms with Crippen LogP contribution in [-0.2, 0) is 16.0 Å². The Bertz CT molecular complexity index is 473. The van der Waals surface area contributed by atoms with Crippen molar-refractivity contribution in [3.8, 4) is 0 Å². The van der Waals surface area contributed by atoms with Crippen molar-refractivity contribution in [3.63, 3.8) is 0 Å². The Hall–Kier alpha value is -0.420. The monoisotopic (exact) mass is 321 g/mol. The summed E-state index contributed by atoms with van der Waals surface area (Å²) >= 11 is 1.87. The van der Waals surface area contributed by atoms with E-state index in [1.165, 1.54) is 30.6 Å². The van der Waals surface area contributed by atoms with Crippen molar-refractivity contribution in [2.75, 3.05) is 32.9 Å². The van der Waals surface area contributed by atoms with Crippen molar-refractivity contribution in [2.24, 2.45) is 11.3 Å². The van der Waals surface area contributed by atoms with Crippen LogP contribution in [-0.4, -0.2) is 43.9 Å². The predicted octanol–water partition coefficient (Wildman–Crippen LogP) is 3.55. The molecule has 1 aromatic heterocycles. The molecular formula is C18H27NO2S. The molecule has 0 radical (unpaired) electrons. The van der Waals surface area contributed by atoms with Gasteiger partial charge in [0.2, 0.25) is 0 Å². The summed E-state index contributed by atoms with van der Waals surface area (Å²) in [4.78, 5) is 4.10. The summed E-state index contributed by atoms with van der Waals surface area (Å²) in [6, 6.07) is 4.41. The van der Waals surface area contributed by atoms with Crippen molar-refractivity contribution < 1.29 is 9.47 Å². The van der Waals surface area contributed by atoms with Gasteiger partial charge in [-0.3, -0.25) is 4.90 Å². The smallest absolute Gasteiger partial charge is 0.0677 e. The number of hydrogen-bond acceptors (Lipinski definition) is 4. The zero-order valence-corrected chi connectivity index (χ0v) is 14.2. The molecule has 1 aromatic rings. The molecule has 2 aliphatic heterocycles. The van der Waals surface area contributed by atoms with Crippen molar-refractivity contribution in [1.29, 1.82) is 0 Å². The Kier molecular flexibility index (Phi) is 4.54. The number of fused-ring (bicyclic) bond motifs is 1. The largest absolute Gasteiger partial charge is 0.380 e. The molecule has 122 valence electrons. The summed E-state index contributed by atoms with van der Waals surface area (Å²) < 4.78 is 12.3. The zero-order chi connectivity index (χ0) is 14.8. The molecule has 0 spiro atoms. The SMILES string of the molecule is c1csc(CN2CC[C@@H]3OCCC[C@@]3(COCC3CC3)C2)c1. The van der Waals surface area contributed by atoms with Crippen LogP contribution in [0.5, 0.6) is 0 Å². The first-order chi connectivity index (χ1) is 10.8. The van der Waals surface area contributed by atoms with Gasteiger partial charge in [-0.2, -0.15) is 0 Å². The quantitative estimate of drug-likeness (QED) is 0.800. The summed E-state index contributed by atoms with van der Waals surface area (Å²) in [6.07, 6.45) is 6.78. The second kappa shape index (κ2) is 6.60. The van der Waals surface area contributed by atoms with Gasteiger partial charge >= 0.3 is 0 Å². The van der Waals surface area contributed by atoms with Crippen LogP contribution in [0.25, 0.3) is 0 Å². The highest BCUT2D eigenvalue weighted by Gasteiger charge is 2.46. The fourth-order valence-corrected chi connectivity index (χ4v) is 4.81. The third-order valence-corrected chi connectivity index (χ3v) is 6.33. The summed E-state index contributed by atoms with van der Waals surface area (Å²) in [5, 5.41) is 2.18. The van der Waals surface area contributed by atoms with E-state index in [1.807, 2.05) is 11.3 Å². The Morgan fingerprint density at radius 3 is 3.14 bits per heavy atom. The summed E-state index contributed by atoms with van der Waals surface area (Å²) in [7, 11) is 0. The van der Waals surface area contributed by atoms with Gasteiger partial charge in [-0.05, 0) is 49.5 Å². The maximum atomic E-state index is 6.14. The number of piperidine rings is 1. The van der Waals surface area contributed by atoms with Gasteiger partial charge in [-0.15, -0.1) is 11.3 Å². The molecule has 2 atom stereocenters. The highest BCUT2D eigenvalue weighted by molar-refractivity contribution is 7.09. The molecular weight excluding hydrogens is 294 g/mol. The number of thiophene rings is 1. The van der Waals surface area contributed by atoms with Crippen LogP contribution in [0, 0.1) is 11.3 Å². The minimum atomic E-state index is 0.239. The van der Waals surface area contributed by atoms with Gasteiger partial charge in [0.1, 0.15) is 0 Å². The number of nitrogens with zero attached hydrogens (tertiary/aromatic N) is 1. The highest BCUT2D eigenvalue weighted by atomic mass is 32.1. The molecule has 3 aliphatic rings. The van der Waals surface area contributed by atoms with Crippen LogP contribution < -0.4 is 0 Å². The van der Waals surface area contributed by atoms with E-state index >= 15 is 0 Å². The van der Waals surface area contributed by atoms with Crippen LogP contribution >= 0.6 is 11.3 Å². The van der Waals surface area contributed by atoms with Crippen LogP contribution in [0.3, 0.4) is 0 Å². The fraction of sp³-hybridized carbons (Fsp3) is 0.778. The number of likely N-dealkylation sites (tertiary alicyclic amines) is 1. The van der Waals surface area contributed by atoms with E-state index in [0.29, 0.717) is 6.10 Å². The molecule has 1 saturated carbocycles. The normalized spacial score (nSPS) is 32.8. The van der Waals surface area contributed by atoms with Gasteiger partial charge in [-0.25, -0.2) is 0 Å². The van der Waals surface area contributed by atoms with Crippen molar-refractivity contribution in [1.82, 2.24) is 4.90 Å². The summed E-state index contributed by atoms with van der Waals surface area (Å²) in [5.41, 5.74) is 0.239. The molecule has 1 aliphatic carbocycles. The van der Waals surface area contributed by atoms with Crippen molar-refractivity contribution in [2.45, 2.75) is 44.8 Å². The summed E-state index contributed by atoms with van der Waals surface area (Å²) in [5.74, 6) is 0.852. The predicted molar refractivity (Wildman–Crippen MR) is 89.2 cm³/mol. The molecule has 3 fully saturated rings. The number of hydrogen-bond donors (Lipinski definition) is 0. The molecule has 22 heavy (non-hydrogen) atoms. The molecule has 0 amide bonds. The van der Waals surface area contributed by atoms with E-state index in [4.69, 9.17) is 9.47 Å². The second-order valence-corrected chi connectivity index (χ2v) is 8.39. The molecule has 3 nitrogen and oxygen atoms in total. The van der Waals surface area contributed by atoms with E-state index in [1.54, 1.807) is 0 Å². The highest BCUT2D eigenvalue weighted by Crippen LogP contribution is 2.41. The molecule has 3 heterocycles. The summed E-state index contributed by atoms with van der Waals surface area (Å²) in [6.45, 7) is 6.20. The Morgan fingerprint density at radius 2 is 2.32 bits per heavy atom. The Morgan fingerprint density at radius 1 is 1.36 bits per heavy atom. The number of ether oxygens (including phenoxy) is 2. The van der Waals surface area contributed by atoms with Crippen molar-refractivity contribution >= 4 is 11.3 Å². The minimum absolute atomic E-state index is 0.239.